The summed E-state index contributed by atoms with van der Waals surface area (Å²) >= 11 is 0. The molecule has 176 valence electrons. The predicted octanol–water partition coefficient (Wildman–Crippen LogP) is 2.97. The molecule has 0 unspecified atom stereocenters. The second-order valence-corrected chi connectivity index (χ2v) is 8.14. The van der Waals surface area contributed by atoms with Gasteiger partial charge >= 0.3 is 6.09 Å². The zero-order valence-corrected chi connectivity index (χ0v) is 18.9. The minimum absolute atomic E-state index is 0.0185. The largest absolute Gasteiger partial charge is 0.444 e. The fourth-order valence-corrected chi connectivity index (χ4v) is 2.79. The molecule has 2 amide bonds. The van der Waals surface area contributed by atoms with Crippen LogP contribution in [-0.2, 0) is 20.9 Å². The molecule has 0 atom stereocenters. The fraction of sp³-hybridized carbons (Fsp3) is 0.250. The van der Waals surface area contributed by atoms with Crippen LogP contribution in [0, 0.1) is 23.1 Å². The van der Waals surface area contributed by atoms with Crippen molar-refractivity contribution in [1.29, 1.82) is 5.41 Å². The van der Waals surface area contributed by atoms with Gasteiger partial charge in [0.25, 0.3) is 5.91 Å². The highest BCUT2D eigenvalue weighted by Gasteiger charge is 2.18. The van der Waals surface area contributed by atoms with Gasteiger partial charge < -0.3 is 9.47 Å². The number of halogens is 1. The summed E-state index contributed by atoms with van der Waals surface area (Å²) in [7, 11) is 0. The van der Waals surface area contributed by atoms with Gasteiger partial charge in [0, 0.05) is 11.8 Å². The Bertz CT molecular complexity index is 1270. The lowest BCUT2D eigenvalue weighted by atomic mass is 10.2. The van der Waals surface area contributed by atoms with E-state index < -0.39 is 23.6 Å². The van der Waals surface area contributed by atoms with Crippen molar-refractivity contribution in [3.8, 4) is 11.8 Å². The number of carbonyl (C=O) groups is 2. The van der Waals surface area contributed by atoms with Crippen LogP contribution in [0.4, 0.5) is 9.18 Å². The van der Waals surface area contributed by atoms with Crippen LogP contribution < -0.4 is 10.6 Å². The Labute approximate surface area is 195 Å². The average molecular weight is 465 g/mol. The van der Waals surface area contributed by atoms with Gasteiger partial charge in [-0.25, -0.2) is 14.2 Å². The zero-order chi connectivity index (χ0) is 24.7. The molecule has 3 aromatic rings. The molecule has 0 aliphatic rings. The maximum Gasteiger partial charge on any atom is 0.414 e. The van der Waals surface area contributed by atoms with E-state index in [1.165, 1.54) is 12.1 Å². The van der Waals surface area contributed by atoms with Crippen molar-refractivity contribution >= 4 is 23.6 Å². The number of nitrogens with one attached hydrogen (secondary N) is 3. The first-order valence-electron chi connectivity index (χ1n) is 10.3. The fourth-order valence-electron chi connectivity index (χ4n) is 2.79. The summed E-state index contributed by atoms with van der Waals surface area (Å²) in [5, 5.41) is 12.0. The van der Waals surface area contributed by atoms with Crippen molar-refractivity contribution in [1.82, 2.24) is 20.0 Å². The maximum absolute atomic E-state index is 13.1. The Hall–Kier alpha value is -4.23. The molecular formula is C24H24FN5O4. The van der Waals surface area contributed by atoms with Crippen LogP contribution >= 0.6 is 0 Å². The third-order valence-corrected chi connectivity index (χ3v) is 4.13. The first-order chi connectivity index (χ1) is 16.1. The number of hydrogen-bond donors (Lipinski definition) is 3. The van der Waals surface area contributed by atoms with Crippen LogP contribution in [0.3, 0.4) is 0 Å². The Morgan fingerprint density at radius 2 is 1.85 bits per heavy atom. The summed E-state index contributed by atoms with van der Waals surface area (Å²) in [6, 6.07) is 11.3. The van der Waals surface area contributed by atoms with Gasteiger partial charge in [-0.1, -0.05) is 12.0 Å². The third-order valence-electron chi connectivity index (χ3n) is 4.13. The van der Waals surface area contributed by atoms with Crippen LogP contribution in [0.1, 0.15) is 37.7 Å². The predicted molar refractivity (Wildman–Crippen MR) is 122 cm³/mol. The number of rotatable bonds is 4. The number of fused-ring (bicyclic) bond motifs is 1. The molecule has 2 aromatic heterocycles. The molecule has 0 radical (unpaired) electrons. The Morgan fingerprint density at radius 3 is 2.56 bits per heavy atom. The number of alkyl carbamates (subject to hydrolysis) is 1. The molecule has 0 aliphatic heterocycles. The SMILES string of the molecule is CC(C)(C)OC(=O)NC(=N)NC(=O)COCc1nc2ccccn2c1C#Cc1ccc(F)cc1. The van der Waals surface area contributed by atoms with E-state index in [1.807, 2.05) is 18.2 Å². The summed E-state index contributed by atoms with van der Waals surface area (Å²) < 4.78 is 25.4. The van der Waals surface area contributed by atoms with Gasteiger partial charge in [0.2, 0.25) is 5.96 Å². The zero-order valence-electron chi connectivity index (χ0n) is 18.9. The van der Waals surface area contributed by atoms with E-state index in [0.29, 0.717) is 22.6 Å². The first-order valence-corrected chi connectivity index (χ1v) is 10.3. The standard InChI is InChI=1S/C24H24FN5O4/c1-24(2,3)34-23(32)29-22(26)28-21(31)15-33-14-18-19(30-13-5-4-6-20(30)27-18)12-9-16-7-10-17(25)11-8-16/h4-8,10-11,13H,14-15H2,1-3H3,(H3,26,28,29,31,32). The lowest BCUT2D eigenvalue weighted by Crippen LogP contribution is -2.46. The third kappa shape index (κ3) is 7.15. The minimum Gasteiger partial charge on any atom is -0.444 e. The maximum atomic E-state index is 13.1. The molecule has 10 heteroatoms. The molecular weight excluding hydrogens is 441 g/mol. The van der Waals surface area contributed by atoms with E-state index in [1.54, 1.807) is 43.5 Å². The van der Waals surface area contributed by atoms with Crippen LogP contribution in [0.25, 0.3) is 5.65 Å². The second kappa shape index (κ2) is 10.6. The van der Waals surface area contributed by atoms with Crippen molar-refractivity contribution in [3.63, 3.8) is 0 Å². The van der Waals surface area contributed by atoms with Crippen LogP contribution in [0.5, 0.6) is 0 Å². The van der Waals surface area contributed by atoms with E-state index in [9.17, 15) is 14.0 Å². The van der Waals surface area contributed by atoms with Crippen molar-refractivity contribution < 1.29 is 23.5 Å². The molecule has 0 bridgehead atoms. The number of ether oxygens (including phenoxy) is 2. The number of nitrogens with zero attached hydrogens (tertiary/aromatic N) is 2. The Balaban J connectivity index is 1.61. The molecule has 3 rings (SSSR count). The summed E-state index contributed by atoms with van der Waals surface area (Å²) in [5.74, 6) is 4.50. The number of aromatic nitrogens is 2. The molecule has 0 spiro atoms. The molecule has 0 aliphatic carbocycles. The van der Waals surface area contributed by atoms with Crippen molar-refractivity contribution in [2.75, 3.05) is 6.61 Å². The van der Waals surface area contributed by atoms with E-state index in [2.05, 4.69) is 27.5 Å². The molecule has 9 nitrogen and oxygen atoms in total. The smallest absolute Gasteiger partial charge is 0.414 e. The molecule has 2 heterocycles. The number of imidazole rings is 1. The number of carbonyl (C=O) groups excluding carboxylic acids is 2. The lowest BCUT2D eigenvalue weighted by molar-refractivity contribution is -0.124. The van der Waals surface area contributed by atoms with Crippen LogP contribution in [0.2, 0.25) is 0 Å². The van der Waals surface area contributed by atoms with Gasteiger partial charge in [0.1, 0.15) is 35.1 Å². The quantitative estimate of drug-likeness (QED) is 0.311. The highest BCUT2D eigenvalue weighted by Crippen LogP contribution is 2.13. The molecule has 0 saturated heterocycles. The molecule has 1 aromatic carbocycles. The number of pyridine rings is 1. The van der Waals surface area contributed by atoms with E-state index >= 15 is 0 Å². The summed E-state index contributed by atoms with van der Waals surface area (Å²) in [6.45, 7) is 4.65. The average Bonchev–Trinajstić information content (AvgIpc) is 3.09. The van der Waals surface area contributed by atoms with Crippen molar-refractivity contribution in [2.45, 2.75) is 33.0 Å². The van der Waals surface area contributed by atoms with Gasteiger partial charge in [0.05, 0.1) is 6.61 Å². The monoisotopic (exact) mass is 465 g/mol. The van der Waals surface area contributed by atoms with Gasteiger partial charge in [-0.15, -0.1) is 0 Å². The van der Waals surface area contributed by atoms with Gasteiger partial charge in [0.15, 0.2) is 0 Å². The first kappa shape index (κ1) is 24.4. The second-order valence-electron chi connectivity index (χ2n) is 8.14. The number of hydrogen-bond acceptors (Lipinski definition) is 6. The van der Waals surface area contributed by atoms with Crippen molar-refractivity contribution in [2.24, 2.45) is 0 Å². The molecule has 0 saturated carbocycles. The van der Waals surface area contributed by atoms with E-state index in [4.69, 9.17) is 14.9 Å². The molecule has 34 heavy (non-hydrogen) atoms. The Morgan fingerprint density at radius 1 is 1.12 bits per heavy atom. The minimum atomic E-state index is -0.854. The summed E-state index contributed by atoms with van der Waals surface area (Å²) in [6.07, 6.45) is 0.949. The summed E-state index contributed by atoms with van der Waals surface area (Å²) in [4.78, 5) is 28.2. The normalized spacial score (nSPS) is 10.8. The van der Waals surface area contributed by atoms with Gasteiger partial charge in [-0.3, -0.25) is 25.2 Å². The van der Waals surface area contributed by atoms with Crippen LogP contribution in [-0.4, -0.2) is 39.6 Å². The van der Waals surface area contributed by atoms with Crippen LogP contribution in [0.15, 0.2) is 48.7 Å². The molecule has 3 N–H and O–H groups in total. The van der Waals surface area contributed by atoms with Gasteiger partial charge in [-0.05, 0) is 63.1 Å². The van der Waals surface area contributed by atoms with Gasteiger partial charge in [-0.2, -0.15) is 0 Å². The number of guanidine groups is 1. The van der Waals surface area contributed by atoms with E-state index in [-0.39, 0.29) is 19.0 Å². The summed E-state index contributed by atoms with van der Waals surface area (Å²) in [5.41, 5.74) is 1.63. The number of benzene rings is 1. The van der Waals surface area contributed by atoms with Crippen molar-refractivity contribution in [3.05, 3.63) is 71.4 Å². The molecule has 0 fully saturated rings. The Kier molecular flexibility index (Phi) is 7.60. The lowest BCUT2D eigenvalue weighted by Gasteiger charge is -2.19. The number of amides is 2. The van der Waals surface area contributed by atoms with E-state index in [0.717, 1.165) is 0 Å². The topological polar surface area (TPSA) is 118 Å². The highest BCUT2D eigenvalue weighted by molar-refractivity contribution is 6.01. The highest BCUT2D eigenvalue weighted by atomic mass is 19.1.